The maximum Gasteiger partial charge on any atom is 0.325 e. The molecule has 3 N–H and O–H groups in total. The number of carbonyl (C=O) groups excluding carboxylic acids is 3. The molecule has 2 fully saturated rings. The minimum absolute atomic E-state index is 0.0357. The third-order valence-electron chi connectivity index (χ3n) is 4.19. The zero-order valence-corrected chi connectivity index (χ0v) is 14.0. The van der Waals surface area contributed by atoms with Crippen molar-refractivity contribution in [3.63, 3.8) is 0 Å². The van der Waals surface area contributed by atoms with Gasteiger partial charge in [-0.25, -0.2) is 4.79 Å². The summed E-state index contributed by atoms with van der Waals surface area (Å²) in [6, 6.07) is -0.376. The summed E-state index contributed by atoms with van der Waals surface area (Å²) in [7, 11) is 0. The molecular weight excluding hydrogens is 298 g/mol. The monoisotopic (exact) mass is 325 g/mol. The summed E-state index contributed by atoms with van der Waals surface area (Å²) < 4.78 is 0. The van der Waals surface area contributed by atoms with E-state index in [9.17, 15) is 14.4 Å². The van der Waals surface area contributed by atoms with Gasteiger partial charge in [-0.3, -0.25) is 19.4 Å². The zero-order chi connectivity index (χ0) is 16.9. The second-order valence-corrected chi connectivity index (χ2v) is 6.56. The van der Waals surface area contributed by atoms with E-state index < -0.39 is 5.54 Å². The standard InChI is InChI=1S/C15H27N5O3/c1-15(2)13(22)20(14(23)18-15)8-3-4-12(21)17-7-11-19-9-5-16-6-10-19/h16H,3-11H2,1-2H3,(H,17,21)(H,18,23). The van der Waals surface area contributed by atoms with E-state index in [4.69, 9.17) is 0 Å². The van der Waals surface area contributed by atoms with Gasteiger partial charge in [-0.05, 0) is 20.3 Å². The molecule has 4 amide bonds. The summed E-state index contributed by atoms with van der Waals surface area (Å²) in [6.07, 6.45) is 0.799. The number of nitrogens with zero attached hydrogens (tertiary/aromatic N) is 2. The van der Waals surface area contributed by atoms with E-state index in [1.54, 1.807) is 13.8 Å². The van der Waals surface area contributed by atoms with Crippen LogP contribution in [-0.4, -0.2) is 79.0 Å². The third-order valence-corrected chi connectivity index (χ3v) is 4.19. The molecule has 2 saturated heterocycles. The Balaban J connectivity index is 1.59. The summed E-state index contributed by atoms with van der Waals surface area (Å²) in [6.45, 7) is 9.14. The number of hydrogen-bond acceptors (Lipinski definition) is 5. The molecule has 0 radical (unpaired) electrons. The van der Waals surface area contributed by atoms with Gasteiger partial charge in [0.1, 0.15) is 5.54 Å². The van der Waals surface area contributed by atoms with Gasteiger partial charge in [0, 0.05) is 52.2 Å². The molecule has 2 rings (SSSR count). The number of rotatable bonds is 7. The first-order valence-electron chi connectivity index (χ1n) is 8.24. The molecule has 2 aliphatic heterocycles. The largest absolute Gasteiger partial charge is 0.355 e. The number of urea groups is 1. The van der Waals surface area contributed by atoms with Crippen molar-refractivity contribution in [3.05, 3.63) is 0 Å². The molecule has 8 heteroatoms. The summed E-state index contributed by atoms with van der Waals surface area (Å²) in [4.78, 5) is 39.0. The number of carbonyl (C=O) groups is 3. The van der Waals surface area contributed by atoms with Crippen molar-refractivity contribution in [1.29, 1.82) is 0 Å². The Bertz CT molecular complexity index is 460. The SMILES string of the molecule is CC1(C)NC(=O)N(CCCC(=O)NCCN2CCNCC2)C1=O. The second kappa shape index (κ2) is 7.74. The van der Waals surface area contributed by atoms with Crippen molar-refractivity contribution in [3.8, 4) is 0 Å². The van der Waals surface area contributed by atoms with E-state index in [1.165, 1.54) is 4.90 Å². The lowest BCUT2D eigenvalue weighted by Crippen LogP contribution is -2.46. The van der Waals surface area contributed by atoms with Gasteiger partial charge in [-0.15, -0.1) is 0 Å². The number of nitrogens with one attached hydrogen (secondary N) is 3. The highest BCUT2D eigenvalue weighted by atomic mass is 16.2. The predicted molar refractivity (Wildman–Crippen MR) is 85.9 cm³/mol. The summed E-state index contributed by atoms with van der Waals surface area (Å²) in [5.41, 5.74) is -0.845. The van der Waals surface area contributed by atoms with Crippen LogP contribution in [0.5, 0.6) is 0 Å². The van der Waals surface area contributed by atoms with Crippen LogP contribution in [-0.2, 0) is 9.59 Å². The van der Waals surface area contributed by atoms with Gasteiger partial charge in [-0.2, -0.15) is 0 Å². The van der Waals surface area contributed by atoms with Crippen molar-refractivity contribution in [1.82, 2.24) is 25.8 Å². The summed E-state index contributed by atoms with van der Waals surface area (Å²) >= 11 is 0. The lowest BCUT2D eigenvalue weighted by molar-refractivity contribution is -0.130. The van der Waals surface area contributed by atoms with Gasteiger partial charge >= 0.3 is 6.03 Å². The number of imide groups is 1. The normalized spacial score (nSPS) is 21.4. The average molecular weight is 325 g/mol. The van der Waals surface area contributed by atoms with Crippen molar-refractivity contribution >= 4 is 17.8 Å². The zero-order valence-electron chi connectivity index (χ0n) is 14.0. The molecule has 0 spiro atoms. The molecular formula is C15H27N5O3. The van der Waals surface area contributed by atoms with Gasteiger partial charge < -0.3 is 16.0 Å². The second-order valence-electron chi connectivity index (χ2n) is 6.56. The Hall–Kier alpha value is -1.67. The number of amides is 4. The van der Waals surface area contributed by atoms with Crippen LogP contribution in [0.2, 0.25) is 0 Å². The van der Waals surface area contributed by atoms with E-state index in [0.29, 0.717) is 19.4 Å². The van der Waals surface area contributed by atoms with Crippen molar-refractivity contribution in [2.45, 2.75) is 32.2 Å². The highest BCUT2D eigenvalue weighted by molar-refractivity contribution is 6.06. The minimum atomic E-state index is -0.845. The molecule has 0 atom stereocenters. The van der Waals surface area contributed by atoms with Crippen LogP contribution in [0, 0.1) is 0 Å². The molecule has 130 valence electrons. The fourth-order valence-electron chi connectivity index (χ4n) is 2.80. The smallest absolute Gasteiger partial charge is 0.325 e. The molecule has 0 aliphatic carbocycles. The molecule has 0 unspecified atom stereocenters. The first-order valence-corrected chi connectivity index (χ1v) is 8.24. The van der Waals surface area contributed by atoms with Crippen LogP contribution in [0.25, 0.3) is 0 Å². The van der Waals surface area contributed by atoms with Crippen LogP contribution in [0.15, 0.2) is 0 Å². The minimum Gasteiger partial charge on any atom is -0.355 e. The van der Waals surface area contributed by atoms with Crippen molar-refractivity contribution in [2.24, 2.45) is 0 Å². The molecule has 0 bridgehead atoms. The first-order chi connectivity index (χ1) is 10.9. The van der Waals surface area contributed by atoms with Gasteiger partial charge in [0.05, 0.1) is 0 Å². The fourth-order valence-corrected chi connectivity index (χ4v) is 2.80. The molecule has 0 saturated carbocycles. The van der Waals surface area contributed by atoms with E-state index in [2.05, 4.69) is 20.9 Å². The molecule has 0 aromatic rings. The quantitative estimate of drug-likeness (QED) is 0.529. The molecule has 8 nitrogen and oxygen atoms in total. The third kappa shape index (κ3) is 4.90. The van der Waals surface area contributed by atoms with E-state index in [0.717, 1.165) is 32.7 Å². The van der Waals surface area contributed by atoms with Gasteiger partial charge in [0.2, 0.25) is 5.91 Å². The topological polar surface area (TPSA) is 93.8 Å². The van der Waals surface area contributed by atoms with Gasteiger partial charge in [0.15, 0.2) is 0 Å². The van der Waals surface area contributed by atoms with E-state index in [1.807, 2.05) is 0 Å². The Morgan fingerprint density at radius 3 is 2.52 bits per heavy atom. The predicted octanol–water partition coefficient (Wildman–Crippen LogP) is -0.882. The highest BCUT2D eigenvalue weighted by Crippen LogP contribution is 2.16. The number of piperazine rings is 1. The van der Waals surface area contributed by atoms with Crippen molar-refractivity contribution < 1.29 is 14.4 Å². The van der Waals surface area contributed by atoms with E-state index >= 15 is 0 Å². The van der Waals surface area contributed by atoms with Crippen LogP contribution in [0.3, 0.4) is 0 Å². The molecule has 0 aromatic carbocycles. The van der Waals surface area contributed by atoms with Crippen LogP contribution >= 0.6 is 0 Å². The Kier molecular flexibility index (Phi) is 5.95. The summed E-state index contributed by atoms with van der Waals surface area (Å²) in [5.74, 6) is -0.270. The van der Waals surface area contributed by atoms with Crippen LogP contribution in [0.1, 0.15) is 26.7 Å². The lowest BCUT2D eigenvalue weighted by atomic mass is 10.1. The van der Waals surface area contributed by atoms with E-state index in [-0.39, 0.29) is 24.4 Å². The molecule has 0 aromatic heterocycles. The van der Waals surface area contributed by atoms with Crippen molar-refractivity contribution in [2.75, 3.05) is 45.8 Å². The van der Waals surface area contributed by atoms with Gasteiger partial charge in [0.25, 0.3) is 5.91 Å². The fraction of sp³-hybridized carbons (Fsp3) is 0.800. The maximum atomic E-state index is 12.0. The molecule has 2 aliphatic rings. The Labute approximate surface area is 136 Å². The number of hydrogen-bond donors (Lipinski definition) is 3. The average Bonchev–Trinajstić information content (AvgIpc) is 2.70. The lowest BCUT2D eigenvalue weighted by Gasteiger charge is -2.27. The Morgan fingerprint density at radius 2 is 1.91 bits per heavy atom. The van der Waals surface area contributed by atoms with Gasteiger partial charge in [-0.1, -0.05) is 0 Å². The maximum absolute atomic E-state index is 12.0. The van der Waals surface area contributed by atoms with Crippen LogP contribution in [0.4, 0.5) is 4.79 Å². The molecule has 2 heterocycles. The first kappa shape index (κ1) is 17.7. The highest BCUT2D eigenvalue weighted by Gasteiger charge is 2.43. The molecule has 23 heavy (non-hydrogen) atoms. The van der Waals surface area contributed by atoms with Crippen LogP contribution < -0.4 is 16.0 Å². The summed E-state index contributed by atoms with van der Waals surface area (Å²) in [5, 5.41) is 8.80. The Morgan fingerprint density at radius 1 is 1.22 bits per heavy atom.